The van der Waals surface area contributed by atoms with E-state index in [9.17, 15) is 34.1 Å². The van der Waals surface area contributed by atoms with Gasteiger partial charge < -0.3 is 24.5 Å². The highest BCUT2D eigenvalue weighted by atomic mass is 32.5. The molecule has 0 saturated carbocycles. The number of likely N-dealkylation sites (tertiary alicyclic amines) is 1. The lowest BCUT2D eigenvalue weighted by Crippen LogP contribution is -2.53. The summed E-state index contributed by atoms with van der Waals surface area (Å²) < 4.78 is 91.6. The van der Waals surface area contributed by atoms with Gasteiger partial charge in [0.1, 0.15) is 34.3 Å². The van der Waals surface area contributed by atoms with E-state index < -0.39 is 51.2 Å². The van der Waals surface area contributed by atoms with E-state index >= 15 is 4.39 Å². The summed E-state index contributed by atoms with van der Waals surface area (Å²) in [5.74, 6) is -1.35. The number of aromatic nitrogens is 3. The van der Waals surface area contributed by atoms with Gasteiger partial charge in [-0.05, 0) is 43.0 Å². The molecule has 3 aliphatic heterocycles. The van der Waals surface area contributed by atoms with E-state index in [1.165, 1.54) is 9.80 Å². The Bertz CT molecular complexity index is 1560. The molecule has 0 bridgehead atoms. The molecule has 3 saturated heterocycles. The number of aromatic amines is 1. The zero-order valence-electron chi connectivity index (χ0n) is 21.7. The number of carbonyl (C=O) groups is 2. The Labute approximate surface area is 234 Å². The van der Waals surface area contributed by atoms with Crippen molar-refractivity contribution >= 4 is 33.4 Å². The summed E-state index contributed by atoms with van der Waals surface area (Å²) >= 11 is 0. The molecule has 0 radical (unpaired) electrons. The van der Waals surface area contributed by atoms with Crippen molar-refractivity contribution in [3.8, 4) is 0 Å². The minimum Gasteiger partial charge on any atom is -0.465 e. The predicted octanol–water partition coefficient (Wildman–Crippen LogP) is 5.59. The summed E-state index contributed by atoms with van der Waals surface area (Å²) in [4.78, 5) is 36.9. The number of benzene rings is 1. The first-order valence-electron chi connectivity index (χ1n) is 13.0. The maximum absolute atomic E-state index is 15.1. The number of ether oxygens (including phenoxy) is 2. The van der Waals surface area contributed by atoms with Gasteiger partial charge >= 0.3 is 16.3 Å². The van der Waals surface area contributed by atoms with Crippen LogP contribution in [0.4, 0.5) is 28.6 Å². The number of morpholine rings is 1. The standard InChI is InChI=1S/C25H25F6N5O5S/c26-16-9-32-23-21(33-22(34-23)18-10-36(25(38)39)17-11-40-12-19(17)41-18)20(16)13-5-7-35(8-6-13)24(37)14-1-3-15(4-2-14)42(27,28,29,30)31/h1-4,9,13,17-19H,5-8,10-12H2,(H,38,39)(H,32,33,34). The van der Waals surface area contributed by atoms with Crippen LogP contribution >= 0.6 is 10.2 Å². The summed E-state index contributed by atoms with van der Waals surface area (Å²) in [5, 5.41) is 9.66. The molecule has 2 aromatic heterocycles. The second-order valence-electron chi connectivity index (χ2n) is 10.6. The Morgan fingerprint density at radius 3 is 2.38 bits per heavy atom. The molecule has 10 nitrogen and oxygen atoms in total. The van der Waals surface area contributed by atoms with Crippen molar-refractivity contribution in [2.24, 2.45) is 0 Å². The number of fused-ring (bicyclic) bond motifs is 2. The lowest BCUT2D eigenvalue weighted by molar-refractivity contribution is -0.0968. The second kappa shape index (κ2) is 9.21. The van der Waals surface area contributed by atoms with E-state index in [1.807, 2.05) is 0 Å². The van der Waals surface area contributed by atoms with Crippen molar-refractivity contribution in [3.63, 3.8) is 0 Å². The van der Waals surface area contributed by atoms with Gasteiger partial charge in [0.2, 0.25) is 0 Å². The molecule has 5 heterocycles. The Morgan fingerprint density at radius 2 is 1.74 bits per heavy atom. The van der Waals surface area contributed by atoms with Crippen LogP contribution in [0, 0.1) is 5.82 Å². The van der Waals surface area contributed by atoms with Crippen LogP contribution in [0.25, 0.3) is 11.2 Å². The SMILES string of the molecule is O=C(c1ccc(S(F)(F)(F)(F)F)cc1)N1CCC(c2c(F)cnc3[nH]c(C4CN(C(=O)O)C5COCC5O4)nc23)CC1. The van der Waals surface area contributed by atoms with E-state index in [1.54, 1.807) is 0 Å². The van der Waals surface area contributed by atoms with E-state index in [4.69, 9.17) is 9.47 Å². The van der Waals surface area contributed by atoms with Crippen molar-refractivity contribution in [3.05, 3.63) is 53.2 Å². The van der Waals surface area contributed by atoms with Gasteiger partial charge in [-0.15, -0.1) is 0 Å². The first-order valence-corrected chi connectivity index (χ1v) is 14.9. The van der Waals surface area contributed by atoms with Crippen LogP contribution in [0.3, 0.4) is 0 Å². The van der Waals surface area contributed by atoms with Gasteiger partial charge in [-0.25, -0.2) is 19.2 Å². The molecule has 1 aromatic carbocycles. The molecule has 3 fully saturated rings. The molecule has 17 heteroatoms. The average Bonchev–Trinajstić information content (AvgIpc) is 3.58. The first kappa shape index (κ1) is 28.5. The fourth-order valence-corrected chi connectivity index (χ4v) is 6.45. The maximum Gasteiger partial charge on any atom is 0.407 e. The lowest BCUT2D eigenvalue weighted by atomic mass is 9.88. The zero-order valence-corrected chi connectivity index (χ0v) is 22.5. The number of piperidine rings is 1. The van der Waals surface area contributed by atoms with E-state index in [-0.39, 0.29) is 79.0 Å². The molecule has 3 aliphatic rings. The fraction of sp³-hybridized carbons (Fsp3) is 0.440. The molecule has 42 heavy (non-hydrogen) atoms. The summed E-state index contributed by atoms with van der Waals surface area (Å²) in [6, 6.07) is 1.40. The summed E-state index contributed by atoms with van der Waals surface area (Å²) in [6.45, 7) is 0.700. The summed E-state index contributed by atoms with van der Waals surface area (Å²) in [7, 11) is -9.86. The normalized spacial score (nSPS) is 25.2. The summed E-state index contributed by atoms with van der Waals surface area (Å²) in [5.41, 5.74) is 0.616. The van der Waals surface area contributed by atoms with Gasteiger partial charge in [-0.1, -0.05) is 19.4 Å². The number of nitrogens with one attached hydrogen (secondary N) is 1. The smallest absolute Gasteiger partial charge is 0.407 e. The third-order valence-corrected chi connectivity index (χ3v) is 9.08. The molecule has 3 atom stereocenters. The molecule has 0 aliphatic carbocycles. The van der Waals surface area contributed by atoms with Crippen molar-refractivity contribution in [2.45, 2.75) is 41.9 Å². The van der Waals surface area contributed by atoms with Gasteiger partial charge in [0, 0.05) is 24.2 Å². The van der Waals surface area contributed by atoms with Crippen molar-refractivity contribution < 1.29 is 48.0 Å². The third-order valence-electron chi connectivity index (χ3n) is 7.91. The van der Waals surface area contributed by atoms with Gasteiger partial charge in [0.25, 0.3) is 5.91 Å². The van der Waals surface area contributed by atoms with Crippen LogP contribution in [0.2, 0.25) is 0 Å². The number of halogens is 6. The second-order valence-corrected chi connectivity index (χ2v) is 13.0. The van der Waals surface area contributed by atoms with Crippen LogP contribution in [-0.2, 0) is 9.47 Å². The van der Waals surface area contributed by atoms with Crippen LogP contribution in [-0.4, -0.2) is 86.9 Å². The van der Waals surface area contributed by atoms with Crippen molar-refractivity contribution in [1.29, 1.82) is 0 Å². The van der Waals surface area contributed by atoms with Crippen LogP contribution in [0.15, 0.2) is 35.4 Å². The van der Waals surface area contributed by atoms with Gasteiger partial charge in [-0.2, -0.15) is 0 Å². The lowest BCUT2D eigenvalue weighted by Gasteiger charge is -2.40. The molecule has 3 unspecified atom stereocenters. The molecule has 3 aromatic rings. The Hall–Kier alpha value is -3.57. The predicted molar refractivity (Wildman–Crippen MR) is 137 cm³/mol. The number of hydrogen-bond donors (Lipinski definition) is 2. The van der Waals surface area contributed by atoms with Crippen molar-refractivity contribution in [1.82, 2.24) is 24.8 Å². The number of carbonyl (C=O) groups excluding carboxylic acids is 1. The minimum absolute atomic E-state index is 0.0128. The number of amides is 2. The number of imidazole rings is 1. The van der Waals surface area contributed by atoms with Crippen molar-refractivity contribution in [2.75, 3.05) is 32.8 Å². The number of pyridine rings is 1. The highest BCUT2D eigenvalue weighted by Crippen LogP contribution is 3.02. The number of nitrogens with zero attached hydrogens (tertiary/aromatic N) is 4. The number of rotatable bonds is 4. The van der Waals surface area contributed by atoms with Crippen LogP contribution in [0.5, 0.6) is 0 Å². The topological polar surface area (TPSA) is 121 Å². The van der Waals surface area contributed by atoms with E-state index in [0.29, 0.717) is 12.8 Å². The average molecular weight is 622 g/mol. The van der Waals surface area contributed by atoms with Crippen LogP contribution in [0.1, 0.15) is 46.6 Å². The van der Waals surface area contributed by atoms with Crippen LogP contribution < -0.4 is 0 Å². The largest absolute Gasteiger partial charge is 0.465 e. The fourth-order valence-electron chi connectivity index (χ4n) is 5.80. The van der Waals surface area contributed by atoms with Gasteiger partial charge in [0.15, 0.2) is 5.65 Å². The molecular weight excluding hydrogens is 596 g/mol. The molecule has 2 N–H and O–H groups in total. The summed E-state index contributed by atoms with van der Waals surface area (Å²) in [6.07, 6.45) is -0.742. The van der Waals surface area contributed by atoms with E-state index in [2.05, 4.69) is 15.0 Å². The molecule has 0 spiro atoms. The molecular formula is C25H25F6N5O5S. The molecule has 6 rings (SSSR count). The molecule has 2 amide bonds. The number of hydrogen-bond acceptors (Lipinski definition) is 6. The number of carboxylic acid groups (broad SMARTS) is 1. The zero-order chi connectivity index (χ0) is 30.1. The van der Waals surface area contributed by atoms with Gasteiger partial charge in [0.05, 0.1) is 32.0 Å². The quantitative estimate of drug-likeness (QED) is 0.364. The van der Waals surface area contributed by atoms with E-state index in [0.717, 1.165) is 18.3 Å². The number of H-pyrrole nitrogens is 1. The highest BCUT2D eigenvalue weighted by molar-refractivity contribution is 8.45. The van der Waals surface area contributed by atoms with Gasteiger partial charge in [-0.3, -0.25) is 9.69 Å². The maximum atomic E-state index is 15.1. The minimum atomic E-state index is -9.86. The Balaban J connectivity index is 1.19. The monoisotopic (exact) mass is 621 g/mol. The first-order chi connectivity index (χ1) is 19.6. The third kappa shape index (κ3) is 5.24. The molecule has 228 valence electrons. The Kier molecular flexibility index (Phi) is 6.26. The highest BCUT2D eigenvalue weighted by Gasteiger charge is 2.65. The Morgan fingerprint density at radius 1 is 1.05 bits per heavy atom.